The van der Waals surface area contributed by atoms with Gasteiger partial charge in [-0.15, -0.1) is 11.3 Å². The Morgan fingerprint density at radius 1 is 1.41 bits per heavy atom. The standard InChI is InChI=1S/C12H13N3OS/c1-9-7-14-12(17-9)15(11(13)16)8-10-5-3-2-4-6-10/h2-7H,8H2,1H3,(H2,13,16). The lowest BCUT2D eigenvalue weighted by atomic mass is 10.2. The van der Waals surface area contributed by atoms with Gasteiger partial charge >= 0.3 is 6.03 Å². The van der Waals surface area contributed by atoms with Crippen molar-refractivity contribution in [2.45, 2.75) is 13.5 Å². The molecule has 5 heteroatoms. The van der Waals surface area contributed by atoms with Gasteiger partial charge in [0.05, 0.1) is 6.54 Å². The first-order valence-corrected chi connectivity index (χ1v) is 6.02. The molecule has 0 radical (unpaired) electrons. The van der Waals surface area contributed by atoms with Gasteiger partial charge in [-0.2, -0.15) is 0 Å². The molecule has 0 saturated carbocycles. The molecule has 2 amide bonds. The second-order valence-corrected chi connectivity index (χ2v) is 4.88. The Morgan fingerprint density at radius 3 is 2.65 bits per heavy atom. The summed E-state index contributed by atoms with van der Waals surface area (Å²) in [6.45, 7) is 2.39. The molecule has 0 aliphatic carbocycles. The zero-order valence-electron chi connectivity index (χ0n) is 9.46. The number of rotatable bonds is 3. The maximum Gasteiger partial charge on any atom is 0.321 e. The molecule has 0 atom stereocenters. The predicted molar refractivity (Wildman–Crippen MR) is 69.1 cm³/mol. The first-order chi connectivity index (χ1) is 8.16. The summed E-state index contributed by atoms with van der Waals surface area (Å²) in [5.41, 5.74) is 6.41. The number of hydrogen-bond acceptors (Lipinski definition) is 3. The molecule has 0 aliphatic heterocycles. The van der Waals surface area contributed by atoms with Crippen LogP contribution in [0.2, 0.25) is 0 Å². The summed E-state index contributed by atoms with van der Waals surface area (Å²) in [4.78, 5) is 18.1. The molecular formula is C12H13N3OS. The minimum absolute atomic E-state index is 0.448. The molecule has 17 heavy (non-hydrogen) atoms. The van der Waals surface area contributed by atoms with Gasteiger partial charge in [-0.05, 0) is 12.5 Å². The van der Waals surface area contributed by atoms with Crippen molar-refractivity contribution in [3.05, 3.63) is 47.0 Å². The number of carbonyl (C=O) groups excluding carboxylic acids is 1. The van der Waals surface area contributed by atoms with Crippen LogP contribution in [0.3, 0.4) is 0 Å². The average Bonchev–Trinajstić information content (AvgIpc) is 2.73. The summed E-state index contributed by atoms with van der Waals surface area (Å²) in [7, 11) is 0. The number of aromatic nitrogens is 1. The first-order valence-electron chi connectivity index (χ1n) is 5.20. The predicted octanol–water partition coefficient (Wildman–Crippen LogP) is 2.54. The molecule has 0 bridgehead atoms. The van der Waals surface area contributed by atoms with Gasteiger partial charge < -0.3 is 5.73 Å². The maximum atomic E-state index is 11.4. The molecule has 4 nitrogen and oxygen atoms in total. The van der Waals surface area contributed by atoms with Crippen LogP contribution in [0.1, 0.15) is 10.4 Å². The molecule has 1 aromatic heterocycles. The molecule has 1 heterocycles. The summed E-state index contributed by atoms with van der Waals surface area (Å²) in [6, 6.07) is 9.23. The van der Waals surface area contributed by atoms with E-state index in [9.17, 15) is 4.79 Å². The van der Waals surface area contributed by atoms with E-state index in [1.54, 1.807) is 6.20 Å². The number of benzene rings is 1. The highest BCUT2D eigenvalue weighted by Crippen LogP contribution is 2.23. The van der Waals surface area contributed by atoms with Crippen LogP contribution in [0.25, 0.3) is 0 Å². The first kappa shape index (κ1) is 11.6. The number of thiazole rings is 1. The number of amides is 2. The molecule has 0 spiro atoms. The van der Waals surface area contributed by atoms with Gasteiger partial charge in [0, 0.05) is 11.1 Å². The van der Waals surface area contributed by atoms with Crippen LogP contribution in [-0.2, 0) is 6.54 Å². The smallest absolute Gasteiger partial charge is 0.321 e. The Bertz CT molecular complexity index is 509. The van der Waals surface area contributed by atoms with E-state index < -0.39 is 6.03 Å². The van der Waals surface area contributed by atoms with Crippen molar-refractivity contribution in [2.24, 2.45) is 5.73 Å². The Kier molecular flexibility index (Phi) is 3.39. The fraction of sp³-hybridized carbons (Fsp3) is 0.167. The molecular weight excluding hydrogens is 234 g/mol. The van der Waals surface area contributed by atoms with Crippen LogP contribution in [-0.4, -0.2) is 11.0 Å². The summed E-state index contributed by atoms with van der Waals surface area (Å²) in [5.74, 6) is 0. The highest BCUT2D eigenvalue weighted by molar-refractivity contribution is 7.15. The average molecular weight is 247 g/mol. The fourth-order valence-corrected chi connectivity index (χ4v) is 2.24. The van der Waals surface area contributed by atoms with Crippen molar-refractivity contribution in [1.29, 1.82) is 0 Å². The summed E-state index contributed by atoms with van der Waals surface area (Å²) in [6.07, 6.45) is 1.74. The van der Waals surface area contributed by atoms with Crippen LogP contribution in [0.15, 0.2) is 36.5 Å². The van der Waals surface area contributed by atoms with Gasteiger partial charge in [0.2, 0.25) is 0 Å². The molecule has 0 saturated heterocycles. The van der Waals surface area contributed by atoms with Gasteiger partial charge in [0.1, 0.15) is 0 Å². The topological polar surface area (TPSA) is 59.2 Å². The molecule has 2 N–H and O–H groups in total. The highest BCUT2D eigenvalue weighted by Gasteiger charge is 2.15. The van der Waals surface area contributed by atoms with Crippen molar-refractivity contribution in [1.82, 2.24) is 4.98 Å². The number of anilines is 1. The Balaban J connectivity index is 2.22. The van der Waals surface area contributed by atoms with E-state index in [2.05, 4.69) is 4.98 Å². The van der Waals surface area contributed by atoms with Crippen LogP contribution in [0, 0.1) is 6.92 Å². The lowest BCUT2D eigenvalue weighted by molar-refractivity contribution is 0.253. The number of urea groups is 1. The third kappa shape index (κ3) is 2.82. The molecule has 0 aliphatic rings. The lowest BCUT2D eigenvalue weighted by Gasteiger charge is -2.17. The van der Waals surface area contributed by atoms with E-state index in [1.807, 2.05) is 37.3 Å². The SMILES string of the molecule is Cc1cnc(N(Cc2ccccc2)C(N)=O)s1. The lowest BCUT2D eigenvalue weighted by Crippen LogP contribution is -2.35. The number of hydrogen-bond donors (Lipinski definition) is 1. The maximum absolute atomic E-state index is 11.4. The third-order valence-corrected chi connectivity index (χ3v) is 3.23. The number of aryl methyl sites for hydroxylation is 1. The van der Waals surface area contributed by atoms with E-state index >= 15 is 0 Å². The van der Waals surface area contributed by atoms with Crippen molar-refractivity contribution in [2.75, 3.05) is 4.90 Å². The number of nitrogens with zero attached hydrogens (tertiary/aromatic N) is 2. The van der Waals surface area contributed by atoms with E-state index in [1.165, 1.54) is 16.2 Å². The second kappa shape index (κ2) is 4.97. The van der Waals surface area contributed by atoms with Crippen LogP contribution in [0.5, 0.6) is 0 Å². The second-order valence-electron chi connectivity index (χ2n) is 3.66. The van der Waals surface area contributed by atoms with E-state index in [0.717, 1.165) is 10.4 Å². The van der Waals surface area contributed by atoms with Gasteiger partial charge in [0.15, 0.2) is 5.13 Å². The minimum Gasteiger partial charge on any atom is -0.351 e. The fourth-order valence-electron chi connectivity index (χ4n) is 1.47. The summed E-state index contributed by atoms with van der Waals surface area (Å²) >= 11 is 1.46. The van der Waals surface area contributed by atoms with Gasteiger partial charge in [-0.3, -0.25) is 4.90 Å². The van der Waals surface area contributed by atoms with E-state index in [4.69, 9.17) is 5.73 Å². The molecule has 0 fully saturated rings. The van der Waals surface area contributed by atoms with Crippen LogP contribution in [0.4, 0.5) is 9.93 Å². The molecule has 0 unspecified atom stereocenters. The van der Waals surface area contributed by atoms with Crippen molar-refractivity contribution in [3.63, 3.8) is 0 Å². The molecule has 2 rings (SSSR count). The normalized spacial score (nSPS) is 10.2. The number of nitrogens with two attached hydrogens (primary N) is 1. The molecule has 88 valence electrons. The number of carbonyl (C=O) groups is 1. The highest BCUT2D eigenvalue weighted by atomic mass is 32.1. The monoisotopic (exact) mass is 247 g/mol. The summed E-state index contributed by atoms with van der Waals surface area (Å²) in [5, 5.41) is 0.638. The van der Waals surface area contributed by atoms with Gasteiger partial charge in [0.25, 0.3) is 0 Å². The van der Waals surface area contributed by atoms with Crippen LogP contribution >= 0.6 is 11.3 Å². The van der Waals surface area contributed by atoms with E-state index in [0.29, 0.717) is 11.7 Å². The Morgan fingerprint density at radius 2 is 2.12 bits per heavy atom. The third-order valence-electron chi connectivity index (χ3n) is 2.29. The Labute approximate surface area is 104 Å². The quantitative estimate of drug-likeness (QED) is 0.906. The van der Waals surface area contributed by atoms with Crippen LogP contribution < -0.4 is 10.6 Å². The van der Waals surface area contributed by atoms with Gasteiger partial charge in [-0.1, -0.05) is 30.3 Å². The van der Waals surface area contributed by atoms with E-state index in [-0.39, 0.29) is 0 Å². The van der Waals surface area contributed by atoms with Crippen molar-refractivity contribution in [3.8, 4) is 0 Å². The largest absolute Gasteiger partial charge is 0.351 e. The zero-order chi connectivity index (χ0) is 12.3. The minimum atomic E-state index is -0.483. The molecule has 1 aromatic carbocycles. The van der Waals surface area contributed by atoms with Crippen molar-refractivity contribution >= 4 is 22.5 Å². The Hall–Kier alpha value is -1.88. The zero-order valence-corrected chi connectivity index (χ0v) is 10.3. The van der Waals surface area contributed by atoms with Crippen molar-refractivity contribution < 1.29 is 4.79 Å². The van der Waals surface area contributed by atoms with Gasteiger partial charge in [-0.25, -0.2) is 9.78 Å². The number of primary amides is 1. The summed E-state index contributed by atoms with van der Waals surface area (Å²) < 4.78 is 0. The molecule has 2 aromatic rings.